The molecule has 58 heavy (non-hydrogen) atoms. The summed E-state index contributed by atoms with van der Waals surface area (Å²) >= 11 is 0. The number of hydrogen-bond donors (Lipinski definition) is 0. The van der Waals surface area contributed by atoms with E-state index in [2.05, 4.69) is 205 Å². The summed E-state index contributed by atoms with van der Waals surface area (Å²) in [6, 6.07) is 47.3. The van der Waals surface area contributed by atoms with E-state index in [1.54, 1.807) is 0 Å². The topological polar surface area (TPSA) is 9.72 Å². The van der Waals surface area contributed by atoms with E-state index in [0.29, 0.717) is 0 Å². The SMILES string of the molecule is Cc1ccc(N(c2ccc(C)cc2)c2cc3c4c(c2)N2c5c(cccc5C5(C)CCCCC25C)B4c2cc(C(C)(C)C)ccc2N3c2ccc(C(C)(C)C)cc2)cc1. The largest absolute Gasteiger partial charge is 0.335 e. The molecule has 1 fully saturated rings. The van der Waals surface area contributed by atoms with Crippen molar-refractivity contribution in [3.8, 4) is 0 Å². The molecule has 3 heterocycles. The Morgan fingerprint density at radius 3 is 1.78 bits per heavy atom. The Balaban J connectivity index is 1.33. The summed E-state index contributed by atoms with van der Waals surface area (Å²) < 4.78 is 0. The predicted octanol–water partition coefficient (Wildman–Crippen LogP) is 12.7. The van der Waals surface area contributed by atoms with Gasteiger partial charge in [-0.2, -0.15) is 0 Å². The van der Waals surface area contributed by atoms with Crippen molar-refractivity contribution in [1.29, 1.82) is 0 Å². The minimum atomic E-state index is -0.0632. The third-order valence-electron chi connectivity index (χ3n) is 14.6. The van der Waals surface area contributed by atoms with Gasteiger partial charge < -0.3 is 14.7 Å². The Labute approximate surface area is 347 Å². The van der Waals surface area contributed by atoms with Gasteiger partial charge in [0.1, 0.15) is 0 Å². The quantitative estimate of drug-likeness (QED) is 0.166. The lowest BCUT2D eigenvalue weighted by Gasteiger charge is -2.53. The molecule has 10 rings (SSSR count). The Kier molecular flexibility index (Phi) is 8.08. The summed E-state index contributed by atoms with van der Waals surface area (Å²) in [7, 11) is 0. The second kappa shape index (κ2) is 12.6. The fraction of sp³-hybridized carbons (Fsp3) is 0.333. The van der Waals surface area contributed by atoms with Crippen LogP contribution in [0.2, 0.25) is 0 Å². The van der Waals surface area contributed by atoms with Gasteiger partial charge in [0.05, 0.1) is 11.2 Å². The molecule has 2 unspecified atom stereocenters. The lowest BCUT2D eigenvalue weighted by Crippen LogP contribution is -2.64. The first-order valence-corrected chi connectivity index (χ1v) is 21.7. The summed E-state index contributed by atoms with van der Waals surface area (Å²) in [4.78, 5) is 7.95. The van der Waals surface area contributed by atoms with Crippen LogP contribution >= 0.6 is 0 Å². The molecule has 0 amide bonds. The highest BCUT2D eigenvalue weighted by molar-refractivity contribution is 7.00. The van der Waals surface area contributed by atoms with Crippen molar-refractivity contribution >= 4 is 68.6 Å². The second-order valence-electron chi connectivity index (χ2n) is 20.4. The number of nitrogens with zero attached hydrogens (tertiary/aromatic N) is 3. The molecule has 292 valence electrons. The van der Waals surface area contributed by atoms with Crippen LogP contribution in [0.15, 0.2) is 121 Å². The van der Waals surface area contributed by atoms with E-state index in [0.717, 1.165) is 11.4 Å². The van der Waals surface area contributed by atoms with Crippen molar-refractivity contribution in [3.63, 3.8) is 0 Å². The molecule has 2 atom stereocenters. The molecule has 3 nitrogen and oxygen atoms in total. The highest BCUT2D eigenvalue weighted by Crippen LogP contribution is 2.62. The van der Waals surface area contributed by atoms with Gasteiger partial charge in [0.25, 0.3) is 6.71 Å². The van der Waals surface area contributed by atoms with Crippen LogP contribution in [0, 0.1) is 13.8 Å². The van der Waals surface area contributed by atoms with Crippen LogP contribution in [0.3, 0.4) is 0 Å². The Morgan fingerprint density at radius 2 is 1.16 bits per heavy atom. The van der Waals surface area contributed by atoms with E-state index in [9.17, 15) is 0 Å². The van der Waals surface area contributed by atoms with E-state index >= 15 is 0 Å². The standard InChI is InChI=1S/C54H58BN3/c1-35-16-23-39(24-17-35)56(40-25-18-36(2)19-26-40)42-33-47-49-48(34-42)58-50-43(53(9)30-11-12-31-54(53,58)10)14-13-15-44(50)55(49)45-32-38(52(6,7)8)22-29-46(45)57(47)41-27-20-37(21-28-41)51(3,4)5/h13-29,32-34H,11-12,30-31H2,1-10H3. The van der Waals surface area contributed by atoms with Crippen LogP contribution in [0.5, 0.6) is 0 Å². The number of para-hydroxylation sites is 1. The minimum absolute atomic E-state index is 0.0129. The maximum atomic E-state index is 2.86. The van der Waals surface area contributed by atoms with E-state index in [1.807, 2.05) is 0 Å². The fourth-order valence-electron chi connectivity index (χ4n) is 11.1. The van der Waals surface area contributed by atoms with Crippen LogP contribution in [0.25, 0.3) is 0 Å². The monoisotopic (exact) mass is 759 g/mol. The van der Waals surface area contributed by atoms with Crippen molar-refractivity contribution in [3.05, 3.63) is 149 Å². The van der Waals surface area contributed by atoms with Gasteiger partial charge >= 0.3 is 0 Å². The smallest absolute Gasteiger partial charge is 0.252 e. The van der Waals surface area contributed by atoms with Gasteiger partial charge in [-0.25, -0.2) is 0 Å². The summed E-state index contributed by atoms with van der Waals surface area (Å²) in [6.45, 7) is 23.6. The van der Waals surface area contributed by atoms with Gasteiger partial charge in [-0.3, -0.25) is 0 Å². The summed E-state index contributed by atoms with van der Waals surface area (Å²) in [5.41, 5.74) is 21.2. The van der Waals surface area contributed by atoms with Crippen molar-refractivity contribution in [2.45, 2.75) is 117 Å². The zero-order valence-corrected chi connectivity index (χ0v) is 36.3. The first-order valence-electron chi connectivity index (χ1n) is 21.7. The number of anilines is 8. The van der Waals surface area contributed by atoms with Crippen molar-refractivity contribution in [2.75, 3.05) is 14.7 Å². The van der Waals surface area contributed by atoms with Crippen molar-refractivity contribution in [1.82, 2.24) is 0 Å². The third-order valence-corrected chi connectivity index (χ3v) is 14.6. The first-order chi connectivity index (χ1) is 27.6. The molecule has 0 bridgehead atoms. The van der Waals surface area contributed by atoms with Gasteiger partial charge in [0, 0.05) is 45.2 Å². The Morgan fingerprint density at radius 1 is 0.569 bits per heavy atom. The molecule has 0 saturated heterocycles. The molecule has 0 radical (unpaired) electrons. The third kappa shape index (κ3) is 5.32. The minimum Gasteiger partial charge on any atom is -0.335 e. The summed E-state index contributed by atoms with van der Waals surface area (Å²) in [6.07, 6.45) is 4.90. The molecule has 1 saturated carbocycles. The summed E-state index contributed by atoms with van der Waals surface area (Å²) in [5.74, 6) is 0. The molecular weight excluding hydrogens is 701 g/mol. The van der Waals surface area contributed by atoms with Gasteiger partial charge in [-0.05, 0) is 132 Å². The van der Waals surface area contributed by atoms with Crippen LogP contribution in [0.1, 0.15) is 109 Å². The maximum absolute atomic E-state index is 2.86. The van der Waals surface area contributed by atoms with Crippen LogP contribution in [-0.2, 0) is 16.2 Å². The molecule has 4 heteroatoms. The van der Waals surface area contributed by atoms with Crippen LogP contribution in [-0.4, -0.2) is 12.3 Å². The van der Waals surface area contributed by atoms with E-state index < -0.39 is 0 Å². The number of hydrogen-bond acceptors (Lipinski definition) is 3. The highest BCUT2D eigenvalue weighted by Gasteiger charge is 2.61. The zero-order valence-electron chi connectivity index (χ0n) is 36.3. The molecule has 6 aromatic carbocycles. The van der Waals surface area contributed by atoms with Crippen LogP contribution < -0.4 is 31.1 Å². The molecule has 0 spiro atoms. The van der Waals surface area contributed by atoms with Gasteiger partial charge in [-0.1, -0.05) is 139 Å². The number of rotatable bonds is 4. The van der Waals surface area contributed by atoms with Gasteiger partial charge in [0.2, 0.25) is 0 Å². The first kappa shape index (κ1) is 37.1. The molecular formula is C54H58BN3. The molecule has 0 N–H and O–H groups in total. The van der Waals surface area contributed by atoms with Crippen molar-refractivity contribution < 1.29 is 0 Å². The predicted molar refractivity (Wildman–Crippen MR) is 250 cm³/mol. The average molecular weight is 760 g/mol. The number of fused-ring (bicyclic) bond motifs is 7. The molecule has 4 aliphatic rings. The Hall–Kier alpha value is -5.22. The molecule has 1 aliphatic carbocycles. The zero-order chi connectivity index (χ0) is 40.5. The summed E-state index contributed by atoms with van der Waals surface area (Å²) in [5, 5.41) is 0. The van der Waals surface area contributed by atoms with E-state index in [4.69, 9.17) is 0 Å². The lowest BCUT2D eigenvalue weighted by atomic mass is 9.33. The Bertz CT molecular complexity index is 2550. The average Bonchev–Trinajstić information content (AvgIpc) is 3.41. The molecule has 0 aromatic heterocycles. The number of aryl methyl sites for hydroxylation is 2. The van der Waals surface area contributed by atoms with E-state index in [1.165, 1.54) is 104 Å². The maximum Gasteiger partial charge on any atom is 0.252 e. The van der Waals surface area contributed by atoms with Gasteiger partial charge in [-0.15, -0.1) is 0 Å². The van der Waals surface area contributed by atoms with E-state index in [-0.39, 0.29) is 28.5 Å². The fourth-order valence-corrected chi connectivity index (χ4v) is 11.1. The lowest BCUT2D eigenvalue weighted by molar-refractivity contribution is 0.195. The second-order valence-corrected chi connectivity index (χ2v) is 20.4. The van der Waals surface area contributed by atoms with Crippen LogP contribution in [0.4, 0.5) is 45.5 Å². The molecule has 3 aliphatic heterocycles. The van der Waals surface area contributed by atoms with Gasteiger partial charge in [0.15, 0.2) is 0 Å². The highest BCUT2D eigenvalue weighted by atomic mass is 15.3. The number of benzene rings is 6. The van der Waals surface area contributed by atoms with Crippen molar-refractivity contribution in [2.24, 2.45) is 0 Å². The molecule has 6 aromatic rings. The normalized spacial score (nSPS) is 20.3.